The lowest BCUT2D eigenvalue weighted by molar-refractivity contribution is -0.118. The average Bonchev–Trinajstić information content (AvgIpc) is 3.09. The fraction of sp³-hybridized carbons (Fsp3) is 0.300. The molecule has 3 rings (SSSR count). The fourth-order valence-corrected chi connectivity index (χ4v) is 3.07. The quantitative estimate of drug-likeness (QED) is 0.866. The van der Waals surface area contributed by atoms with Crippen LogP contribution in [0.25, 0.3) is 0 Å². The Labute approximate surface area is 153 Å². The molecule has 6 nitrogen and oxygen atoms in total. The standard InChI is InChI=1S/C20H23N3O3/c1-3-19(24)23-10-9-15-11-14(7-8-18(15)23)13-21-20(25)22-16-5-4-6-17(12-16)26-2/h4-8,11-12H,3,9-10,13H2,1-2H3,(H2,21,22,25). The van der Waals surface area contributed by atoms with E-state index >= 15 is 0 Å². The Morgan fingerprint density at radius 3 is 2.81 bits per heavy atom. The van der Waals surface area contributed by atoms with E-state index in [2.05, 4.69) is 16.7 Å². The number of urea groups is 1. The summed E-state index contributed by atoms with van der Waals surface area (Å²) in [7, 11) is 1.59. The van der Waals surface area contributed by atoms with Crippen LogP contribution in [0.2, 0.25) is 0 Å². The SMILES string of the molecule is CCC(=O)N1CCc2cc(CNC(=O)Nc3cccc(OC)c3)ccc21. The number of amides is 3. The first-order chi connectivity index (χ1) is 12.6. The summed E-state index contributed by atoms with van der Waals surface area (Å²) in [6.07, 6.45) is 1.36. The van der Waals surface area contributed by atoms with Crippen LogP contribution in [-0.4, -0.2) is 25.6 Å². The second-order valence-electron chi connectivity index (χ2n) is 6.15. The van der Waals surface area contributed by atoms with E-state index in [9.17, 15) is 9.59 Å². The topological polar surface area (TPSA) is 70.7 Å². The van der Waals surface area contributed by atoms with E-state index in [1.807, 2.05) is 36.1 Å². The van der Waals surface area contributed by atoms with Crippen molar-refractivity contribution < 1.29 is 14.3 Å². The van der Waals surface area contributed by atoms with Gasteiger partial charge in [-0.3, -0.25) is 4.79 Å². The molecule has 0 bridgehead atoms. The number of rotatable bonds is 5. The van der Waals surface area contributed by atoms with Crippen LogP contribution in [0.5, 0.6) is 5.75 Å². The van der Waals surface area contributed by atoms with E-state index < -0.39 is 0 Å². The van der Waals surface area contributed by atoms with Gasteiger partial charge >= 0.3 is 6.03 Å². The Morgan fingerprint density at radius 1 is 1.19 bits per heavy atom. The molecule has 1 aliphatic heterocycles. The van der Waals surface area contributed by atoms with Gasteiger partial charge in [0.25, 0.3) is 0 Å². The first-order valence-corrected chi connectivity index (χ1v) is 8.71. The van der Waals surface area contributed by atoms with E-state index in [0.717, 1.165) is 29.8 Å². The highest BCUT2D eigenvalue weighted by atomic mass is 16.5. The molecule has 0 fully saturated rings. The molecule has 0 radical (unpaired) electrons. The molecule has 1 heterocycles. The van der Waals surface area contributed by atoms with Crippen LogP contribution in [0.3, 0.4) is 0 Å². The molecule has 3 amide bonds. The fourth-order valence-electron chi connectivity index (χ4n) is 3.07. The monoisotopic (exact) mass is 353 g/mol. The third-order valence-electron chi connectivity index (χ3n) is 4.42. The van der Waals surface area contributed by atoms with Crippen molar-refractivity contribution in [2.24, 2.45) is 0 Å². The number of benzene rings is 2. The normalized spacial score (nSPS) is 12.5. The summed E-state index contributed by atoms with van der Waals surface area (Å²) >= 11 is 0. The first-order valence-electron chi connectivity index (χ1n) is 8.71. The largest absolute Gasteiger partial charge is 0.497 e. The molecule has 0 saturated carbocycles. The van der Waals surface area contributed by atoms with Gasteiger partial charge in [0.05, 0.1) is 7.11 Å². The molecule has 6 heteroatoms. The molecule has 1 aliphatic rings. The maximum Gasteiger partial charge on any atom is 0.319 e. The van der Waals surface area contributed by atoms with Crippen LogP contribution in [0.1, 0.15) is 24.5 Å². The highest BCUT2D eigenvalue weighted by Crippen LogP contribution is 2.29. The molecule has 0 atom stereocenters. The summed E-state index contributed by atoms with van der Waals surface area (Å²) in [5.74, 6) is 0.833. The van der Waals surface area contributed by atoms with E-state index in [4.69, 9.17) is 4.74 Å². The number of nitrogens with zero attached hydrogens (tertiary/aromatic N) is 1. The molecular formula is C20H23N3O3. The van der Waals surface area contributed by atoms with Crippen molar-refractivity contribution in [3.05, 3.63) is 53.6 Å². The van der Waals surface area contributed by atoms with Gasteiger partial charge in [-0.25, -0.2) is 4.79 Å². The second-order valence-corrected chi connectivity index (χ2v) is 6.15. The van der Waals surface area contributed by atoms with E-state index in [1.165, 1.54) is 0 Å². The molecule has 2 aromatic rings. The predicted octanol–water partition coefficient (Wildman–Crippen LogP) is 3.32. The smallest absolute Gasteiger partial charge is 0.319 e. The lowest BCUT2D eigenvalue weighted by atomic mass is 10.1. The number of ether oxygens (including phenoxy) is 1. The minimum absolute atomic E-state index is 0.146. The molecule has 136 valence electrons. The van der Waals surface area contributed by atoms with Gasteiger partial charge in [-0.2, -0.15) is 0 Å². The molecule has 0 spiro atoms. The summed E-state index contributed by atoms with van der Waals surface area (Å²) in [5.41, 5.74) is 3.82. The van der Waals surface area contributed by atoms with Gasteiger partial charge < -0.3 is 20.3 Å². The Morgan fingerprint density at radius 2 is 2.04 bits per heavy atom. The van der Waals surface area contributed by atoms with Gasteiger partial charge in [0.1, 0.15) is 5.75 Å². The van der Waals surface area contributed by atoms with Crippen molar-refractivity contribution in [3.8, 4) is 5.75 Å². The summed E-state index contributed by atoms with van der Waals surface area (Å²) in [4.78, 5) is 25.9. The highest BCUT2D eigenvalue weighted by molar-refractivity contribution is 5.95. The third-order valence-corrected chi connectivity index (χ3v) is 4.42. The Balaban J connectivity index is 1.58. The number of fused-ring (bicyclic) bond motifs is 1. The first kappa shape index (κ1) is 17.8. The zero-order chi connectivity index (χ0) is 18.5. The van der Waals surface area contributed by atoms with Gasteiger partial charge in [0.15, 0.2) is 0 Å². The summed E-state index contributed by atoms with van der Waals surface area (Å²) < 4.78 is 5.14. The summed E-state index contributed by atoms with van der Waals surface area (Å²) in [5, 5.41) is 5.64. The van der Waals surface area contributed by atoms with Gasteiger partial charge in [0.2, 0.25) is 5.91 Å². The zero-order valence-corrected chi connectivity index (χ0v) is 15.0. The second kappa shape index (κ2) is 7.91. The average molecular weight is 353 g/mol. The van der Waals surface area contributed by atoms with Crippen LogP contribution in [0.4, 0.5) is 16.2 Å². The van der Waals surface area contributed by atoms with Gasteiger partial charge in [-0.15, -0.1) is 0 Å². The number of nitrogens with one attached hydrogen (secondary N) is 2. The molecule has 0 aliphatic carbocycles. The molecule has 2 aromatic carbocycles. The number of anilines is 2. The minimum Gasteiger partial charge on any atom is -0.497 e. The Hall–Kier alpha value is -3.02. The van der Waals surface area contributed by atoms with Crippen molar-refractivity contribution >= 4 is 23.3 Å². The van der Waals surface area contributed by atoms with E-state index in [0.29, 0.717) is 24.4 Å². The molecule has 26 heavy (non-hydrogen) atoms. The number of hydrogen-bond acceptors (Lipinski definition) is 3. The van der Waals surface area contributed by atoms with Gasteiger partial charge in [-0.1, -0.05) is 25.1 Å². The summed E-state index contributed by atoms with van der Waals surface area (Å²) in [6.45, 7) is 3.03. The van der Waals surface area contributed by atoms with Crippen LogP contribution < -0.4 is 20.3 Å². The lowest BCUT2D eigenvalue weighted by Crippen LogP contribution is -2.28. The number of hydrogen-bond donors (Lipinski definition) is 2. The van der Waals surface area contributed by atoms with Crippen molar-refractivity contribution in [1.29, 1.82) is 0 Å². The van der Waals surface area contributed by atoms with Gasteiger partial charge in [0, 0.05) is 37.0 Å². The van der Waals surface area contributed by atoms with Crippen LogP contribution in [-0.2, 0) is 17.8 Å². The van der Waals surface area contributed by atoms with Crippen molar-refractivity contribution in [2.75, 3.05) is 23.9 Å². The minimum atomic E-state index is -0.276. The van der Waals surface area contributed by atoms with E-state index in [-0.39, 0.29) is 11.9 Å². The Bertz CT molecular complexity index is 820. The molecule has 2 N–H and O–H groups in total. The maximum atomic E-state index is 12.1. The number of carbonyl (C=O) groups excluding carboxylic acids is 2. The lowest BCUT2D eigenvalue weighted by Gasteiger charge is -2.16. The van der Waals surface area contributed by atoms with E-state index in [1.54, 1.807) is 19.2 Å². The number of carbonyl (C=O) groups is 2. The van der Waals surface area contributed by atoms with Crippen LogP contribution in [0, 0.1) is 0 Å². The molecule has 0 aromatic heterocycles. The molecule has 0 unspecified atom stereocenters. The molecule has 0 saturated heterocycles. The predicted molar refractivity (Wildman–Crippen MR) is 102 cm³/mol. The van der Waals surface area contributed by atoms with Crippen LogP contribution >= 0.6 is 0 Å². The zero-order valence-electron chi connectivity index (χ0n) is 15.0. The Kier molecular flexibility index (Phi) is 5.41. The summed E-state index contributed by atoms with van der Waals surface area (Å²) in [6, 6.07) is 12.9. The highest BCUT2D eigenvalue weighted by Gasteiger charge is 2.23. The maximum absolute atomic E-state index is 12.1. The molecular weight excluding hydrogens is 330 g/mol. The van der Waals surface area contributed by atoms with Gasteiger partial charge in [-0.05, 0) is 35.7 Å². The van der Waals surface area contributed by atoms with Crippen molar-refractivity contribution in [1.82, 2.24) is 5.32 Å². The third kappa shape index (κ3) is 3.96. The van der Waals surface area contributed by atoms with Crippen molar-refractivity contribution in [3.63, 3.8) is 0 Å². The number of methoxy groups -OCH3 is 1. The van der Waals surface area contributed by atoms with Crippen molar-refractivity contribution in [2.45, 2.75) is 26.3 Å². The van der Waals surface area contributed by atoms with Crippen LogP contribution in [0.15, 0.2) is 42.5 Å².